The molecule has 1 aromatic carbocycles. The highest BCUT2D eigenvalue weighted by molar-refractivity contribution is 5.89. The Bertz CT molecular complexity index is 690. The lowest BCUT2D eigenvalue weighted by molar-refractivity contribution is 0.200. The van der Waals surface area contributed by atoms with Gasteiger partial charge in [-0.2, -0.15) is 0 Å². The van der Waals surface area contributed by atoms with Gasteiger partial charge in [0.25, 0.3) is 0 Å². The molecular weight excluding hydrogens is 316 g/mol. The van der Waals surface area contributed by atoms with Crippen molar-refractivity contribution >= 4 is 11.7 Å². The minimum absolute atomic E-state index is 0.0424. The molecule has 1 fully saturated rings. The van der Waals surface area contributed by atoms with Gasteiger partial charge in [0, 0.05) is 29.9 Å². The quantitative estimate of drug-likeness (QED) is 0.898. The fraction of sp³-hybridized carbons (Fsp3) is 0.368. The lowest BCUT2D eigenvalue weighted by Gasteiger charge is -2.36. The van der Waals surface area contributed by atoms with Crippen LogP contribution in [0, 0.1) is 0 Å². The molecule has 2 heterocycles. The molecule has 0 unspecified atom stereocenters. The maximum absolute atomic E-state index is 12.4. The van der Waals surface area contributed by atoms with E-state index in [9.17, 15) is 4.79 Å². The largest absolute Gasteiger partial charge is 0.495 e. The fourth-order valence-corrected chi connectivity index (χ4v) is 3.18. The van der Waals surface area contributed by atoms with Crippen molar-refractivity contribution in [1.29, 1.82) is 0 Å². The van der Waals surface area contributed by atoms with E-state index in [0.29, 0.717) is 0 Å². The van der Waals surface area contributed by atoms with Crippen LogP contribution in [-0.2, 0) is 0 Å². The number of hydrogen-bond acceptors (Lipinski definition) is 4. The Morgan fingerprint density at radius 1 is 1.24 bits per heavy atom. The van der Waals surface area contributed by atoms with Gasteiger partial charge in [-0.25, -0.2) is 4.79 Å². The maximum atomic E-state index is 12.4. The molecule has 2 atom stereocenters. The molecule has 1 aliphatic rings. The van der Waals surface area contributed by atoms with E-state index in [0.717, 1.165) is 36.6 Å². The van der Waals surface area contributed by atoms with Crippen LogP contribution in [0.5, 0.6) is 5.75 Å². The molecule has 3 rings (SSSR count). The van der Waals surface area contributed by atoms with Crippen molar-refractivity contribution in [3.05, 3.63) is 54.4 Å². The number of anilines is 1. The predicted molar refractivity (Wildman–Crippen MR) is 98.0 cm³/mol. The smallest absolute Gasteiger partial charge is 0.319 e. The molecule has 1 aliphatic heterocycles. The number of nitrogens with one attached hydrogen (secondary N) is 2. The van der Waals surface area contributed by atoms with Crippen LogP contribution in [0.25, 0.3) is 0 Å². The number of benzene rings is 1. The molecule has 6 nitrogen and oxygen atoms in total. The number of methoxy groups -OCH3 is 1. The van der Waals surface area contributed by atoms with E-state index in [1.54, 1.807) is 13.3 Å². The summed E-state index contributed by atoms with van der Waals surface area (Å²) in [7, 11) is 3.72. The Morgan fingerprint density at radius 2 is 2.04 bits per heavy atom. The number of carbonyl (C=O) groups excluding carboxylic acids is 1. The molecule has 2 amide bonds. The lowest BCUT2D eigenvalue weighted by Crippen LogP contribution is -2.50. The van der Waals surface area contributed by atoms with Gasteiger partial charge in [0.05, 0.1) is 13.3 Å². The summed E-state index contributed by atoms with van der Waals surface area (Å²) in [4.78, 5) is 19.2. The highest BCUT2D eigenvalue weighted by Gasteiger charge is 2.31. The maximum Gasteiger partial charge on any atom is 0.319 e. The summed E-state index contributed by atoms with van der Waals surface area (Å²) in [5.74, 6) is 0.880. The molecule has 0 aliphatic carbocycles. The number of ether oxygens (including phenoxy) is 1. The van der Waals surface area contributed by atoms with Crippen LogP contribution >= 0.6 is 0 Å². The monoisotopic (exact) mass is 340 g/mol. The second-order valence-electron chi connectivity index (χ2n) is 6.35. The number of carbonyl (C=O) groups is 1. The highest BCUT2D eigenvalue weighted by atomic mass is 16.5. The third kappa shape index (κ3) is 4.48. The Morgan fingerprint density at radius 3 is 2.72 bits per heavy atom. The van der Waals surface area contributed by atoms with Gasteiger partial charge in [-0.3, -0.25) is 4.98 Å². The first-order valence-electron chi connectivity index (χ1n) is 8.47. The van der Waals surface area contributed by atoms with Crippen LogP contribution in [0.3, 0.4) is 0 Å². The average Bonchev–Trinajstić information content (AvgIpc) is 2.64. The Balaban J connectivity index is 1.69. The normalized spacial score (nSPS) is 20.7. The highest BCUT2D eigenvalue weighted by Crippen LogP contribution is 2.26. The summed E-state index contributed by atoms with van der Waals surface area (Å²) in [5, 5.41) is 6.00. The van der Waals surface area contributed by atoms with Crippen LogP contribution in [0.1, 0.15) is 18.0 Å². The molecule has 0 spiro atoms. The van der Waals surface area contributed by atoms with E-state index in [1.165, 1.54) is 0 Å². The van der Waals surface area contributed by atoms with Crippen molar-refractivity contribution in [2.75, 3.05) is 32.6 Å². The Kier molecular flexibility index (Phi) is 5.50. The van der Waals surface area contributed by atoms with Crippen molar-refractivity contribution in [2.24, 2.45) is 0 Å². The minimum Gasteiger partial charge on any atom is -0.495 e. The van der Waals surface area contributed by atoms with Gasteiger partial charge >= 0.3 is 6.03 Å². The van der Waals surface area contributed by atoms with Crippen molar-refractivity contribution < 1.29 is 9.53 Å². The van der Waals surface area contributed by atoms with E-state index >= 15 is 0 Å². The molecule has 132 valence electrons. The zero-order chi connectivity index (χ0) is 17.6. The van der Waals surface area contributed by atoms with Gasteiger partial charge in [0.15, 0.2) is 0 Å². The number of aromatic nitrogens is 1. The average molecular weight is 340 g/mol. The SMILES string of the molecule is COc1ccc([C@@H]2CN(C)CC[C@H]2NC(=O)Nc2ccccc2)nc1. The number of pyridine rings is 1. The molecule has 2 aromatic rings. The predicted octanol–water partition coefficient (Wildman–Crippen LogP) is 2.70. The Hall–Kier alpha value is -2.60. The molecule has 0 saturated carbocycles. The van der Waals surface area contributed by atoms with Crippen molar-refractivity contribution in [3.8, 4) is 5.75 Å². The van der Waals surface area contributed by atoms with Crippen molar-refractivity contribution in [2.45, 2.75) is 18.4 Å². The van der Waals surface area contributed by atoms with Gasteiger partial charge in [-0.15, -0.1) is 0 Å². The number of hydrogen-bond donors (Lipinski definition) is 2. The summed E-state index contributed by atoms with van der Waals surface area (Å²) in [5.41, 5.74) is 1.75. The first-order valence-corrected chi connectivity index (χ1v) is 8.47. The summed E-state index contributed by atoms with van der Waals surface area (Å²) < 4.78 is 5.18. The topological polar surface area (TPSA) is 66.5 Å². The number of likely N-dealkylation sites (tertiary alicyclic amines) is 1. The molecule has 2 N–H and O–H groups in total. The Labute approximate surface area is 148 Å². The summed E-state index contributed by atoms with van der Waals surface area (Å²) in [6.45, 7) is 1.80. The number of likely N-dealkylation sites (N-methyl/N-ethyl adjacent to an activating group) is 1. The molecule has 1 saturated heterocycles. The first kappa shape index (κ1) is 17.2. The molecule has 1 aromatic heterocycles. The van der Waals surface area contributed by atoms with E-state index < -0.39 is 0 Å². The van der Waals surface area contributed by atoms with E-state index in [1.807, 2.05) is 42.5 Å². The second-order valence-corrected chi connectivity index (χ2v) is 6.35. The third-order valence-electron chi connectivity index (χ3n) is 4.54. The van der Waals surface area contributed by atoms with Crippen LogP contribution in [-0.4, -0.2) is 49.2 Å². The molecule has 0 radical (unpaired) electrons. The fourth-order valence-electron chi connectivity index (χ4n) is 3.18. The summed E-state index contributed by atoms with van der Waals surface area (Å²) in [6.07, 6.45) is 2.61. The van der Waals surface area contributed by atoms with Gasteiger partial charge in [-0.05, 0) is 44.3 Å². The molecule has 6 heteroatoms. The van der Waals surface area contributed by atoms with Gasteiger partial charge in [-0.1, -0.05) is 18.2 Å². The lowest BCUT2D eigenvalue weighted by atomic mass is 9.89. The zero-order valence-electron chi connectivity index (χ0n) is 14.6. The third-order valence-corrected chi connectivity index (χ3v) is 4.54. The number of para-hydroxylation sites is 1. The number of piperidine rings is 1. The molecule has 0 bridgehead atoms. The zero-order valence-corrected chi connectivity index (χ0v) is 14.6. The van der Waals surface area contributed by atoms with Gasteiger partial charge in [0.1, 0.15) is 5.75 Å². The summed E-state index contributed by atoms with van der Waals surface area (Å²) in [6, 6.07) is 13.2. The number of nitrogens with zero attached hydrogens (tertiary/aromatic N) is 2. The van der Waals surface area contributed by atoms with Gasteiger partial charge in [0.2, 0.25) is 0 Å². The number of rotatable bonds is 4. The van der Waals surface area contributed by atoms with E-state index in [2.05, 4.69) is 27.6 Å². The number of urea groups is 1. The standard InChI is InChI=1S/C19H24N4O2/c1-23-11-10-18(22-19(24)21-14-6-4-3-5-7-14)16(13-23)17-9-8-15(25-2)12-20-17/h3-9,12,16,18H,10-11,13H2,1-2H3,(H2,21,22,24)/t16-,18+/m0/s1. The van der Waals surface area contributed by atoms with Crippen molar-refractivity contribution in [3.63, 3.8) is 0 Å². The molecular formula is C19H24N4O2. The summed E-state index contributed by atoms with van der Waals surface area (Å²) >= 11 is 0. The van der Waals surface area contributed by atoms with Crippen LogP contribution in [0.2, 0.25) is 0 Å². The van der Waals surface area contributed by atoms with Crippen LogP contribution in [0.15, 0.2) is 48.7 Å². The van der Waals surface area contributed by atoms with E-state index in [4.69, 9.17) is 4.74 Å². The van der Waals surface area contributed by atoms with Gasteiger partial charge < -0.3 is 20.3 Å². The minimum atomic E-state index is -0.181. The number of amides is 2. The molecule has 25 heavy (non-hydrogen) atoms. The van der Waals surface area contributed by atoms with Crippen molar-refractivity contribution in [1.82, 2.24) is 15.2 Å². The first-order chi connectivity index (χ1) is 12.2. The van der Waals surface area contributed by atoms with Crippen LogP contribution < -0.4 is 15.4 Å². The second kappa shape index (κ2) is 7.98. The van der Waals surface area contributed by atoms with Crippen LogP contribution in [0.4, 0.5) is 10.5 Å². The van der Waals surface area contributed by atoms with E-state index in [-0.39, 0.29) is 18.0 Å².